The monoisotopic (exact) mass is 309 g/mol. The van der Waals surface area contributed by atoms with Gasteiger partial charge in [0.25, 0.3) is 5.91 Å². The summed E-state index contributed by atoms with van der Waals surface area (Å²) in [6, 6.07) is 2.00. The summed E-state index contributed by atoms with van der Waals surface area (Å²) < 4.78 is 10.5. The Morgan fingerprint density at radius 1 is 1.36 bits per heavy atom. The molecule has 1 aliphatic rings. The van der Waals surface area contributed by atoms with Gasteiger partial charge in [-0.3, -0.25) is 9.69 Å². The van der Waals surface area contributed by atoms with Crippen molar-refractivity contribution in [1.29, 1.82) is 0 Å². The van der Waals surface area contributed by atoms with Crippen LogP contribution < -0.4 is 5.32 Å². The summed E-state index contributed by atoms with van der Waals surface area (Å²) in [7, 11) is 0. The van der Waals surface area contributed by atoms with E-state index in [1.165, 1.54) is 0 Å². The van der Waals surface area contributed by atoms with Gasteiger partial charge in [0, 0.05) is 31.7 Å². The molecule has 124 valence electrons. The topological polar surface area (TPSA) is 67.6 Å². The van der Waals surface area contributed by atoms with Gasteiger partial charge >= 0.3 is 0 Å². The lowest BCUT2D eigenvalue weighted by Gasteiger charge is -2.38. The standard InChI is InChI=1S/C16H27N3O3/c1-4-13(5-2)14(19-6-8-21-9-7-19)11-17-16(20)15-10-12(3)18-22-15/h10,13-14H,4-9,11H2,1-3H3,(H,17,20). The van der Waals surface area contributed by atoms with Crippen molar-refractivity contribution >= 4 is 5.91 Å². The molecule has 1 atom stereocenters. The Balaban J connectivity index is 1.97. The summed E-state index contributed by atoms with van der Waals surface area (Å²) in [5.41, 5.74) is 0.717. The molecule has 0 spiro atoms. The molecule has 6 nitrogen and oxygen atoms in total. The van der Waals surface area contributed by atoms with Crippen molar-refractivity contribution < 1.29 is 14.1 Å². The first-order valence-corrected chi connectivity index (χ1v) is 8.19. The van der Waals surface area contributed by atoms with Gasteiger partial charge in [-0.25, -0.2) is 0 Å². The van der Waals surface area contributed by atoms with Gasteiger partial charge in [0.05, 0.1) is 18.9 Å². The van der Waals surface area contributed by atoms with Crippen molar-refractivity contribution in [2.24, 2.45) is 5.92 Å². The molecule has 2 heterocycles. The minimum absolute atomic E-state index is 0.190. The van der Waals surface area contributed by atoms with Gasteiger partial charge in [0.15, 0.2) is 0 Å². The Hall–Kier alpha value is -1.40. The number of carbonyl (C=O) groups excluding carboxylic acids is 1. The van der Waals surface area contributed by atoms with Crippen LogP contribution in [0.4, 0.5) is 0 Å². The molecule has 0 bridgehead atoms. The maximum Gasteiger partial charge on any atom is 0.289 e. The molecule has 1 N–H and O–H groups in total. The first-order chi connectivity index (χ1) is 10.7. The van der Waals surface area contributed by atoms with Crippen LogP contribution in [0.1, 0.15) is 42.9 Å². The van der Waals surface area contributed by atoms with Gasteiger partial charge in [-0.05, 0) is 12.8 Å². The Bertz CT molecular complexity index is 465. The van der Waals surface area contributed by atoms with Crippen molar-refractivity contribution in [2.75, 3.05) is 32.8 Å². The van der Waals surface area contributed by atoms with Crippen molar-refractivity contribution in [3.05, 3.63) is 17.5 Å². The summed E-state index contributed by atoms with van der Waals surface area (Å²) >= 11 is 0. The number of hydrogen-bond donors (Lipinski definition) is 1. The maximum absolute atomic E-state index is 12.2. The predicted molar refractivity (Wildman–Crippen MR) is 83.8 cm³/mol. The van der Waals surface area contributed by atoms with Crippen molar-refractivity contribution in [1.82, 2.24) is 15.4 Å². The van der Waals surface area contributed by atoms with E-state index in [0.29, 0.717) is 18.5 Å². The number of hydrogen-bond acceptors (Lipinski definition) is 5. The highest BCUT2D eigenvalue weighted by molar-refractivity contribution is 5.91. The third-order valence-electron chi connectivity index (χ3n) is 4.43. The molecule has 1 fully saturated rings. The first kappa shape index (κ1) is 17.0. The van der Waals surface area contributed by atoms with E-state index in [9.17, 15) is 4.79 Å². The molecule has 0 saturated carbocycles. The predicted octanol–water partition coefficient (Wildman–Crippen LogP) is 1.85. The van der Waals surface area contributed by atoms with Crippen LogP contribution in [0.3, 0.4) is 0 Å². The number of carbonyl (C=O) groups is 1. The van der Waals surface area contributed by atoms with Crippen LogP contribution in [0, 0.1) is 12.8 Å². The minimum Gasteiger partial charge on any atom is -0.379 e. The SMILES string of the molecule is CCC(CC)C(CNC(=O)c1cc(C)no1)N1CCOCC1. The molecule has 1 aromatic heterocycles. The first-order valence-electron chi connectivity index (χ1n) is 8.19. The molecule has 0 radical (unpaired) electrons. The van der Waals surface area contributed by atoms with Gasteiger partial charge in [-0.2, -0.15) is 0 Å². The third kappa shape index (κ3) is 4.30. The zero-order valence-electron chi connectivity index (χ0n) is 13.8. The van der Waals surface area contributed by atoms with Crippen LogP contribution in [0.15, 0.2) is 10.6 Å². The van der Waals surface area contributed by atoms with Crippen LogP contribution in [0.2, 0.25) is 0 Å². The molecule has 1 amide bonds. The lowest BCUT2D eigenvalue weighted by atomic mass is 9.92. The molecule has 1 aromatic rings. The molecular formula is C16H27N3O3. The fourth-order valence-corrected chi connectivity index (χ4v) is 3.09. The number of rotatable bonds is 7. The van der Waals surface area contributed by atoms with Crippen LogP contribution >= 0.6 is 0 Å². The van der Waals surface area contributed by atoms with Gasteiger partial charge < -0.3 is 14.6 Å². The fraction of sp³-hybridized carbons (Fsp3) is 0.750. The molecule has 6 heteroatoms. The zero-order chi connectivity index (χ0) is 15.9. The summed E-state index contributed by atoms with van der Waals surface area (Å²) in [4.78, 5) is 14.6. The Morgan fingerprint density at radius 3 is 2.59 bits per heavy atom. The minimum atomic E-state index is -0.190. The number of amides is 1. The van der Waals surface area contributed by atoms with E-state index >= 15 is 0 Å². The zero-order valence-corrected chi connectivity index (χ0v) is 13.8. The van der Waals surface area contributed by atoms with E-state index in [0.717, 1.165) is 44.8 Å². The smallest absolute Gasteiger partial charge is 0.289 e. The highest BCUT2D eigenvalue weighted by Gasteiger charge is 2.27. The van der Waals surface area contributed by atoms with Gasteiger partial charge in [-0.1, -0.05) is 31.8 Å². The number of ether oxygens (including phenoxy) is 1. The lowest BCUT2D eigenvalue weighted by Crippen LogP contribution is -2.52. The van der Waals surface area contributed by atoms with Gasteiger partial charge in [-0.15, -0.1) is 0 Å². The molecular weight excluding hydrogens is 282 g/mol. The van der Waals surface area contributed by atoms with E-state index in [2.05, 4.69) is 29.2 Å². The maximum atomic E-state index is 12.2. The number of morpholine rings is 1. The Labute approximate surface area is 132 Å². The van der Waals surface area contributed by atoms with E-state index < -0.39 is 0 Å². The second kappa shape index (κ2) is 8.29. The number of aromatic nitrogens is 1. The largest absolute Gasteiger partial charge is 0.379 e. The summed E-state index contributed by atoms with van der Waals surface area (Å²) in [6.07, 6.45) is 2.21. The van der Waals surface area contributed by atoms with Crippen LogP contribution in [-0.4, -0.2) is 54.9 Å². The van der Waals surface area contributed by atoms with Crippen molar-refractivity contribution in [3.63, 3.8) is 0 Å². The van der Waals surface area contributed by atoms with E-state index in [1.54, 1.807) is 13.0 Å². The Kier molecular flexibility index (Phi) is 6.39. The number of nitrogens with zero attached hydrogens (tertiary/aromatic N) is 2. The molecule has 1 aliphatic heterocycles. The normalized spacial score (nSPS) is 17.6. The molecule has 2 rings (SSSR count). The number of aryl methyl sites for hydroxylation is 1. The van der Waals surface area contributed by atoms with Crippen molar-refractivity contribution in [2.45, 2.75) is 39.7 Å². The molecule has 0 aromatic carbocycles. The lowest BCUT2D eigenvalue weighted by molar-refractivity contribution is 0.00183. The van der Waals surface area contributed by atoms with Crippen LogP contribution in [0.25, 0.3) is 0 Å². The molecule has 0 aliphatic carbocycles. The van der Waals surface area contributed by atoms with Gasteiger partial charge in [0.1, 0.15) is 0 Å². The average molecular weight is 309 g/mol. The average Bonchev–Trinajstić information content (AvgIpc) is 2.98. The van der Waals surface area contributed by atoms with E-state index in [1.807, 2.05) is 0 Å². The highest BCUT2D eigenvalue weighted by Crippen LogP contribution is 2.19. The second-order valence-electron chi connectivity index (χ2n) is 5.83. The summed E-state index contributed by atoms with van der Waals surface area (Å²) in [5, 5.41) is 6.76. The van der Waals surface area contributed by atoms with Crippen LogP contribution in [-0.2, 0) is 4.74 Å². The van der Waals surface area contributed by atoms with Crippen LogP contribution in [0.5, 0.6) is 0 Å². The number of nitrogens with one attached hydrogen (secondary N) is 1. The summed E-state index contributed by atoms with van der Waals surface area (Å²) in [5.74, 6) is 0.655. The molecule has 1 unspecified atom stereocenters. The van der Waals surface area contributed by atoms with E-state index in [-0.39, 0.29) is 11.7 Å². The van der Waals surface area contributed by atoms with Gasteiger partial charge in [0.2, 0.25) is 5.76 Å². The second-order valence-corrected chi connectivity index (χ2v) is 5.83. The van der Waals surface area contributed by atoms with E-state index in [4.69, 9.17) is 9.26 Å². The highest BCUT2D eigenvalue weighted by atomic mass is 16.5. The Morgan fingerprint density at radius 2 is 2.05 bits per heavy atom. The van der Waals surface area contributed by atoms with Crippen molar-refractivity contribution in [3.8, 4) is 0 Å². The fourth-order valence-electron chi connectivity index (χ4n) is 3.09. The quantitative estimate of drug-likeness (QED) is 0.832. The molecule has 1 saturated heterocycles. The molecule has 22 heavy (non-hydrogen) atoms. The third-order valence-corrected chi connectivity index (χ3v) is 4.43. The summed E-state index contributed by atoms with van der Waals surface area (Å²) in [6.45, 7) is 10.3.